The fourth-order valence-corrected chi connectivity index (χ4v) is 4.40. The second kappa shape index (κ2) is 6.99. The zero-order valence-electron chi connectivity index (χ0n) is 16.1. The van der Waals surface area contributed by atoms with Gasteiger partial charge in [-0.2, -0.15) is 0 Å². The first-order valence-electron chi connectivity index (χ1n) is 10.0. The van der Waals surface area contributed by atoms with E-state index >= 15 is 0 Å². The number of hydrogen-bond acceptors (Lipinski definition) is 5. The number of benzene rings is 1. The maximum atomic E-state index is 6.38. The third kappa shape index (κ3) is 2.96. The van der Waals surface area contributed by atoms with Crippen LogP contribution in [0.15, 0.2) is 54.9 Å². The zero-order valence-corrected chi connectivity index (χ0v) is 16.1. The Bertz CT molecular complexity index is 987. The van der Waals surface area contributed by atoms with Crippen LogP contribution >= 0.6 is 0 Å². The Morgan fingerprint density at radius 3 is 2.82 bits per heavy atom. The Morgan fingerprint density at radius 2 is 1.96 bits per heavy atom. The molecule has 1 saturated heterocycles. The summed E-state index contributed by atoms with van der Waals surface area (Å²) in [5, 5.41) is 0. The molecule has 5 heteroatoms. The molecule has 3 heterocycles. The molecule has 5 rings (SSSR count). The first kappa shape index (κ1) is 17.3. The van der Waals surface area contributed by atoms with Gasteiger partial charge in [0.2, 0.25) is 0 Å². The average molecular weight is 372 g/mol. The van der Waals surface area contributed by atoms with Crippen LogP contribution in [0.4, 0.5) is 5.82 Å². The Hall–Kier alpha value is -2.79. The van der Waals surface area contributed by atoms with Crippen LogP contribution in [-0.2, 0) is 23.2 Å². The number of hydrogen-bond donors (Lipinski definition) is 0. The first-order chi connectivity index (χ1) is 13.8. The Balaban J connectivity index is 1.51. The molecule has 2 aliphatic rings. The van der Waals surface area contributed by atoms with E-state index in [0.29, 0.717) is 6.61 Å². The lowest BCUT2D eigenvalue weighted by atomic mass is 9.93. The van der Waals surface area contributed by atoms with Crippen molar-refractivity contribution in [3.05, 3.63) is 71.7 Å². The molecule has 0 radical (unpaired) electrons. The number of anilines is 1. The van der Waals surface area contributed by atoms with Gasteiger partial charge in [-0.05, 0) is 42.5 Å². The molecule has 1 atom stereocenters. The van der Waals surface area contributed by atoms with Gasteiger partial charge < -0.3 is 9.64 Å². The van der Waals surface area contributed by atoms with E-state index in [1.165, 1.54) is 11.1 Å². The molecule has 1 fully saturated rings. The first-order valence-corrected chi connectivity index (χ1v) is 10.0. The lowest BCUT2D eigenvalue weighted by molar-refractivity contribution is -0.0594. The van der Waals surface area contributed by atoms with Crippen molar-refractivity contribution < 1.29 is 4.74 Å². The molecule has 5 nitrogen and oxygen atoms in total. The average Bonchev–Trinajstić information content (AvgIpc) is 3.12. The van der Waals surface area contributed by atoms with Crippen LogP contribution in [0.3, 0.4) is 0 Å². The molecule has 28 heavy (non-hydrogen) atoms. The topological polar surface area (TPSA) is 51.1 Å². The molecule has 0 amide bonds. The molecule has 1 unspecified atom stereocenters. The summed E-state index contributed by atoms with van der Waals surface area (Å²) in [5.41, 5.74) is 4.60. The molecule has 0 saturated carbocycles. The van der Waals surface area contributed by atoms with Crippen LogP contribution < -0.4 is 4.90 Å². The van der Waals surface area contributed by atoms with E-state index in [4.69, 9.17) is 14.7 Å². The summed E-state index contributed by atoms with van der Waals surface area (Å²) < 4.78 is 6.38. The van der Waals surface area contributed by atoms with Gasteiger partial charge in [0, 0.05) is 36.3 Å². The van der Waals surface area contributed by atoms with Crippen LogP contribution in [0.1, 0.15) is 30.2 Å². The van der Waals surface area contributed by atoms with Crippen molar-refractivity contribution >= 4 is 5.82 Å². The summed E-state index contributed by atoms with van der Waals surface area (Å²) in [6.07, 6.45) is 6.57. The van der Waals surface area contributed by atoms with Crippen LogP contribution in [0.25, 0.3) is 11.4 Å². The van der Waals surface area contributed by atoms with Crippen LogP contribution in [0, 0.1) is 0 Å². The predicted octanol–water partition coefficient (Wildman–Crippen LogP) is 3.78. The minimum atomic E-state index is -0.219. The smallest absolute Gasteiger partial charge is 0.161 e. The van der Waals surface area contributed by atoms with Gasteiger partial charge in [0.25, 0.3) is 0 Å². The molecule has 1 aliphatic heterocycles. The molecule has 142 valence electrons. The quantitative estimate of drug-likeness (QED) is 0.700. The molecule has 1 spiro atoms. The minimum Gasteiger partial charge on any atom is -0.367 e. The second-order valence-electron chi connectivity index (χ2n) is 7.55. The third-order valence-corrected chi connectivity index (χ3v) is 5.88. The van der Waals surface area contributed by atoms with Gasteiger partial charge in [0.05, 0.1) is 13.2 Å². The molecule has 1 aromatic carbocycles. The van der Waals surface area contributed by atoms with Crippen LogP contribution in [-0.4, -0.2) is 34.6 Å². The number of morpholine rings is 1. The highest BCUT2D eigenvalue weighted by atomic mass is 16.5. The van der Waals surface area contributed by atoms with E-state index in [9.17, 15) is 0 Å². The maximum Gasteiger partial charge on any atom is 0.161 e. The van der Waals surface area contributed by atoms with Gasteiger partial charge in [-0.15, -0.1) is 0 Å². The van der Waals surface area contributed by atoms with Crippen molar-refractivity contribution in [3.63, 3.8) is 0 Å². The van der Waals surface area contributed by atoms with Gasteiger partial charge >= 0.3 is 0 Å². The summed E-state index contributed by atoms with van der Waals surface area (Å²) >= 11 is 0. The van der Waals surface area contributed by atoms with E-state index in [1.54, 1.807) is 12.4 Å². The monoisotopic (exact) mass is 372 g/mol. The van der Waals surface area contributed by atoms with Crippen molar-refractivity contribution in [2.75, 3.05) is 24.6 Å². The highest BCUT2D eigenvalue weighted by Crippen LogP contribution is 2.42. The maximum absolute atomic E-state index is 6.38. The number of ether oxygens (including phenoxy) is 1. The highest BCUT2D eigenvalue weighted by Gasteiger charge is 2.43. The van der Waals surface area contributed by atoms with Gasteiger partial charge in [0.1, 0.15) is 11.4 Å². The highest BCUT2D eigenvalue weighted by molar-refractivity contribution is 5.57. The molecule has 1 aliphatic carbocycles. The Morgan fingerprint density at radius 1 is 1.11 bits per heavy atom. The molecule has 0 bridgehead atoms. The molecule has 3 aromatic rings. The number of nitrogens with zero attached hydrogens (tertiary/aromatic N) is 4. The third-order valence-electron chi connectivity index (χ3n) is 5.88. The SMILES string of the molecule is CCc1cc(N2CCOC3(CCc4ccccc43)C2)nc(-c2ccncc2)n1. The van der Waals surface area contributed by atoms with Crippen LogP contribution in [0.5, 0.6) is 0 Å². The van der Waals surface area contributed by atoms with Gasteiger partial charge in [-0.25, -0.2) is 9.97 Å². The fourth-order valence-electron chi connectivity index (χ4n) is 4.40. The van der Waals surface area contributed by atoms with Crippen molar-refractivity contribution in [2.24, 2.45) is 0 Å². The summed E-state index contributed by atoms with van der Waals surface area (Å²) in [4.78, 5) is 16.1. The van der Waals surface area contributed by atoms with E-state index < -0.39 is 0 Å². The Labute approximate surface area is 165 Å². The number of aromatic nitrogens is 3. The van der Waals surface area contributed by atoms with Crippen molar-refractivity contribution in [3.8, 4) is 11.4 Å². The van der Waals surface area contributed by atoms with E-state index in [-0.39, 0.29) is 5.60 Å². The van der Waals surface area contributed by atoms with E-state index in [0.717, 1.165) is 55.3 Å². The molecule has 0 N–H and O–H groups in total. The minimum absolute atomic E-state index is 0.219. The van der Waals surface area contributed by atoms with Crippen LogP contribution in [0.2, 0.25) is 0 Å². The fraction of sp³-hybridized carbons (Fsp3) is 0.348. The number of aryl methyl sites for hydroxylation is 2. The summed E-state index contributed by atoms with van der Waals surface area (Å²) in [7, 11) is 0. The molecular formula is C23H24N4O. The van der Waals surface area contributed by atoms with Crippen molar-refractivity contribution in [2.45, 2.75) is 31.8 Å². The van der Waals surface area contributed by atoms with E-state index in [1.807, 2.05) is 12.1 Å². The standard InChI is InChI=1S/C23H24N4O/c1-2-19-15-21(26-22(25-19)18-8-11-24-12-9-18)27-13-14-28-23(16-27)10-7-17-5-3-4-6-20(17)23/h3-6,8-9,11-12,15H,2,7,10,13-14,16H2,1H3. The molecule has 2 aromatic heterocycles. The summed E-state index contributed by atoms with van der Waals surface area (Å²) in [6.45, 7) is 4.53. The normalized spacial score (nSPS) is 21.1. The lowest BCUT2D eigenvalue weighted by Gasteiger charge is -2.41. The zero-order chi connectivity index (χ0) is 19.0. The van der Waals surface area contributed by atoms with E-state index in [2.05, 4.69) is 47.1 Å². The van der Waals surface area contributed by atoms with Crippen molar-refractivity contribution in [1.29, 1.82) is 0 Å². The number of rotatable bonds is 3. The second-order valence-corrected chi connectivity index (χ2v) is 7.55. The van der Waals surface area contributed by atoms with Gasteiger partial charge in [-0.1, -0.05) is 31.2 Å². The molecular weight excluding hydrogens is 348 g/mol. The number of fused-ring (bicyclic) bond motifs is 2. The lowest BCUT2D eigenvalue weighted by Crippen LogP contribution is -2.49. The predicted molar refractivity (Wildman–Crippen MR) is 109 cm³/mol. The summed E-state index contributed by atoms with van der Waals surface area (Å²) in [5.74, 6) is 1.76. The number of pyridine rings is 1. The Kier molecular flexibility index (Phi) is 4.32. The van der Waals surface area contributed by atoms with Gasteiger partial charge in [-0.3, -0.25) is 4.98 Å². The summed E-state index contributed by atoms with van der Waals surface area (Å²) in [6, 6.07) is 14.8. The van der Waals surface area contributed by atoms with Crippen molar-refractivity contribution in [1.82, 2.24) is 15.0 Å². The van der Waals surface area contributed by atoms with Gasteiger partial charge in [0.15, 0.2) is 5.82 Å². The largest absolute Gasteiger partial charge is 0.367 e.